The molecule has 2 heterocycles. The molecule has 94 valence electrons. The predicted octanol–water partition coefficient (Wildman–Crippen LogP) is 0.175. The molecule has 0 aromatic rings. The van der Waals surface area contributed by atoms with Crippen LogP contribution in [-0.4, -0.2) is 86.3 Å². The molecule has 0 bridgehead atoms. The van der Waals surface area contributed by atoms with Crippen molar-refractivity contribution in [2.45, 2.75) is 19.1 Å². The normalized spacial score (nSPS) is 27.8. The molecule has 0 saturated carbocycles. The van der Waals surface area contributed by atoms with Crippen molar-refractivity contribution in [3.8, 4) is 0 Å². The molecule has 0 N–H and O–H groups in total. The maximum Gasteiger partial charge on any atom is 0.119 e. The van der Waals surface area contributed by atoms with Crippen LogP contribution in [0.1, 0.15) is 12.8 Å². The first kappa shape index (κ1) is 12.3. The van der Waals surface area contributed by atoms with E-state index in [4.69, 9.17) is 0 Å². The Morgan fingerprint density at radius 1 is 0.812 bits per heavy atom. The lowest BCUT2D eigenvalue weighted by atomic mass is 10.3. The molecule has 2 saturated heterocycles. The standard InChI is InChI=1S/C12H26N4/c1-13(2)12(15-6-4-5-7-15)16-10-8-14(3)9-11-16/h12H,4-11H2,1-3H3. The molecule has 1 atom stereocenters. The summed E-state index contributed by atoms with van der Waals surface area (Å²) in [6.07, 6.45) is 3.27. The number of nitrogens with zero attached hydrogens (tertiary/aromatic N) is 4. The summed E-state index contributed by atoms with van der Waals surface area (Å²) in [5.41, 5.74) is 0. The van der Waals surface area contributed by atoms with Crippen LogP contribution in [0.5, 0.6) is 0 Å². The fraction of sp³-hybridized carbons (Fsp3) is 1.00. The molecule has 2 aliphatic rings. The van der Waals surface area contributed by atoms with E-state index in [1.807, 2.05) is 0 Å². The molecule has 0 radical (unpaired) electrons. The maximum absolute atomic E-state index is 2.63. The highest BCUT2D eigenvalue weighted by molar-refractivity contribution is 4.79. The van der Waals surface area contributed by atoms with Crippen LogP contribution in [0, 0.1) is 0 Å². The quantitative estimate of drug-likeness (QED) is 0.680. The topological polar surface area (TPSA) is 13.0 Å². The van der Waals surface area contributed by atoms with Crippen molar-refractivity contribution in [3.05, 3.63) is 0 Å². The predicted molar refractivity (Wildman–Crippen MR) is 67.4 cm³/mol. The van der Waals surface area contributed by atoms with Crippen molar-refractivity contribution >= 4 is 0 Å². The van der Waals surface area contributed by atoms with Gasteiger partial charge in [-0.1, -0.05) is 0 Å². The minimum atomic E-state index is 0.524. The summed E-state index contributed by atoms with van der Waals surface area (Å²) >= 11 is 0. The molecular formula is C12H26N4. The first-order valence-electron chi connectivity index (χ1n) is 6.51. The second-order valence-corrected chi connectivity index (χ2v) is 5.39. The zero-order valence-corrected chi connectivity index (χ0v) is 11.0. The maximum atomic E-state index is 2.63. The van der Waals surface area contributed by atoms with Crippen LogP contribution in [0.4, 0.5) is 0 Å². The van der Waals surface area contributed by atoms with Crippen LogP contribution in [0.25, 0.3) is 0 Å². The molecule has 16 heavy (non-hydrogen) atoms. The highest BCUT2D eigenvalue weighted by Gasteiger charge is 2.30. The van der Waals surface area contributed by atoms with Crippen molar-refractivity contribution in [2.24, 2.45) is 0 Å². The van der Waals surface area contributed by atoms with E-state index in [0.29, 0.717) is 6.29 Å². The molecule has 4 nitrogen and oxygen atoms in total. The summed E-state index contributed by atoms with van der Waals surface area (Å²) in [7, 11) is 6.64. The molecule has 0 aromatic heterocycles. The minimum absolute atomic E-state index is 0.524. The summed E-state index contributed by atoms with van der Waals surface area (Å²) in [6.45, 7) is 7.37. The number of likely N-dealkylation sites (tertiary alicyclic amines) is 1. The van der Waals surface area contributed by atoms with Crippen molar-refractivity contribution < 1.29 is 0 Å². The van der Waals surface area contributed by atoms with Crippen LogP contribution in [0.15, 0.2) is 0 Å². The van der Waals surface area contributed by atoms with Crippen molar-refractivity contribution in [1.29, 1.82) is 0 Å². The Labute approximate surface area is 99.8 Å². The number of hydrogen-bond donors (Lipinski definition) is 0. The zero-order chi connectivity index (χ0) is 11.5. The second-order valence-electron chi connectivity index (χ2n) is 5.39. The molecular weight excluding hydrogens is 200 g/mol. The Morgan fingerprint density at radius 2 is 1.31 bits per heavy atom. The fourth-order valence-electron chi connectivity index (χ4n) is 2.91. The number of likely N-dealkylation sites (N-methyl/N-ethyl adjacent to an activating group) is 1. The number of rotatable bonds is 3. The Kier molecular flexibility index (Phi) is 4.19. The molecule has 2 rings (SSSR count). The lowest BCUT2D eigenvalue weighted by molar-refractivity contribution is -0.0552. The van der Waals surface area contributed by atoms with Gasteiger partial charge in [-0.2, -0.15) is 0 Å². The van der Waals surface area contributed by atoms with Gasteiger partial charge in [0.25, 0.3) is 0 Å². The van der Waals surface area contributed by atoms with Crippen LogP contribution in [0.2, 0.25) is 0 Å². The third-order valence-corrected chi connectivity index (χ3v) is 3.79. The monoisotopic (exact) mass is 226 g/mol. The van der Waals surface area contributed by atoms with E-state index in [1.165, 1.54) is 52.1 Å². The summed E-state index contributed by atoms with van der Waals surface area (Å²) in [6, 6.07) is 0. The van der Waals surface area contributed by atoms with Gasteiger partial charge >= 0.3 is 0 Å². The lowest BCUT2D eigenvalue weighted by Gasteiger charge is -2.44. The van der Waals surface area contributed by atoms with E-state index in [0.717, 1.165) is 0 Å². The molecule has 1 unspecified atom stereocenters. The fourth-order valence-corrected chi connectivity index (χ4v) is 2.91. The number of hydrogen-bond acceptors (Lipinski definition) is 4. The lowest BCUT2D eigenvalue weighted by Crippen LogP contribution is -2.59. The largest absolute Gasteiger partial charge is 0.304 e. The highest BCUT2D eigenvalue weighted by Crippen LogP contribution is 2.17. The van der Waals surface area contributed by atoms with Gasteiger partial charge in [0.15, 0.2) is 0 Å². The van der Waals surface area contributed by atoms with E-state index >= 15 is 0 Å². The highest BCUT2D eigenvalue weighted by atomic mass is 15.5. The van der Waals surface area contributed by atoms with Gasteiger partial charge in [-0.05, 0) is 34.0 Å². The Hall–Kier alpha value is -0.160. The Morgan fingerprint density at radius 3 is 1.81 bits per heavy atom. The van der Waals surface area contributed by atoms with Crippen LogP contribution in [0.3, 0.4) is 0 Å². The summed E-state index contributed by atoms with van der Waals surface area (Å²) in [4.78, 5) is 10.1. The Bertz CT molecular complexity index is 205. The molecule has 0 amide bonds. The van der Waals surface area contributed by atoms with Gasteiger partial charge in [-0.15, -0.1) is 0 Å². The number of piperazine rings is 1. The summed E-state index contributed by atoms with van der Waals surface area (Å²) in [5, 5.41) is 0. The first-order chi connectivity index (χ1) is 7.68. The van der Waals surface area contributed by atoms with Gasteiger partial charge in [0.05, 0.1) is 0 Å². The molecule has 2 aliphatic heterocycles. The van der Waals surface area contributed by atoms with Crippen molar-refractivity contribution in [1.82, 2.24) is 19.6 Å². The minimum Gasteiger partial charge on any atom is -0.304 e. The molecule has 2 fully saturated rings. The van der Waals surface area contributed by atoms with Gasteiger partial charge in [0.1, 0.15) is 6.29 Å². The average molecular weight is 226 g/mol. The summed E-state index contributed by atoms with van der Waals surface area (Å²) < 4.78 is 0. The molecule has 0 spiro atoms. The van der Waals surface area contributed by atoms with Gasteiger partial charge in [0.2, 0.25) is 0 Å². The van der Waals surface area contributed by atoms with Crippen LogP contribution < -0.4 is 0 Å². The SMILES string of the molecule is CN1CCN(C(N(C)C)N2CCCC2)CC1. The third-order valence-electron chi connectivity index (χ3n) is 3.79. The second kappa shape index (κ2) is 5.45. The summed E-state index contributed by atoms with van der Waals surface area (Å²) in [5.74, 6) is 0. The van der Waals surface area contributed by atoms with Crippen molar-refractivity contribution in [3.63, 3.8) is 0 Å². The van der Waals surface area contributed by atoms with E-state index in [-0.39, 0.29) is 0 Å². The van der Waals surface area contributed by atoms with E-state index in [9.17, 15) is 0 Å². The van der Waals surface area contributed by atoms with E-state index in [1.54, 1.807) is 0 Å². The Balaban J connectivity index is 1.95. The zero-order valence-electron chi connectivity index (χ0n) is 11.0. The van der Waals surface area contributed by atoms with Crippen LogP contribution in [-0.2, 0) is 0 Å². The van der Waals surface area contributed by atoms with Gasteiger partial charge in [-0.3, -0.25) is 14.7 Å². The third kappa shape index (κ3) is 2.74. The van der Waals surface area contributed by atoms with E-state index < -0.39 is 0 Å². The van der Waals surface area contributed by atoms with Gasteiger partial charge < -0.3 is 4.90 Å². The molecule has 0 aliphatic carbocycles. The average Bonchev–Trinajstić information content (AvgIpc) is 2.74. The van der Waals surface area contributed by atoms with Crippen molar-refractivity contribution in [2.75, 3.05) is 60.4 Å². The molecule has 0 aromatic carbocycles. The van der Waals surface area contributed by atoms with Gasteiger partial charge in [0, 0.05) is 39.3 Å². The smallest absolute Gasteiger partial charge is 0.119 e. The first-order valence-corrected chi connectivity index (χ1v) is 6.51. The molecule has 4 heteroatoms. The van der Waals surface area contributed by atoms with Crippen LogP contribution >= 0.6 is 0 Å². The van der Waals surface area contributed by atoms with Gasteiger partial charge in [-0.25, -0.2) is 0 Å². The van der Waals surface area contributed by atoms with E-state index in [2.05, 4.69) is 40.7 Å².